The van der Waals surface area contributed by atoms with Crippen LogP contribution in [-0.2, 0) is 6.61 Å². The Morgan fingerprint density at radius 2 is 2.19 bits per heavy atom. The van der Waals surface area contributed by atoms with Crippen LogP contribution in [-0.4, -0.2) is 45.9 Å². The van der Waals surface area contributed by atoms with Gasteiger partial charge in [-0.25, -0.2) is 4.98 Å². The summed E-state index contributed by atoms with van der Waals surface area (Å²) in [6.07, 6.45) is 4.01. The molecule has 6 heteroatoms. The number of benzene rings is 1. The number of imidazole rings is 1. The summed E-state index contributed by atoms with van der Waals surface area (Å²) in [5.74, 6) is 0.731. The van der Waals surface area contributed by atoms with Gasteiger partial charge in [-0.2, -0.15) is 0 Å². The van der Waals surface area contributed by atoms with Crippen LogP contribution in [0.25, 0.3) is 5.65 Å². The van der Waals surface area contributed by atoms with E-state index in [2.05, 4.69) is 24.1 Å². The number of aromatic nitrogens is 2. The highest BCUT2D eigenvalue weighted by atomic mass is 16.5. The molecule has 0 aliphatic carbocycles. The summed E-state index contributed by atoms with van der Waals surface area (Å²) in [4.78, 5) is 19.3. The fraction of sp³-hybridized carbons (Fsp3) is 0.333. The van der Waals surface area contributed by atoms with Crippen LogP contribution < -0.4 is 10.1 Å². The van der Waals surface area contributed by atoms with Crippen LogP contribution in [0.1, 0.15) is 28.5 Å². The van der Waals surface area contributed by atoms with Crippen LogP contribution >= 0.6 is 0 Å². The second kappa shape index (κ2) is 7.40. The van der Waals surface area contributed by atoms with Gasteiger partial charge in [0.2, 0.25) is 0 Å². The maximum absolute atomic E-state index is 12.8. The molecule has 0 bridgehead atoms. The average molecular weight is 364 g/mol. The van der Waals surface area contributed by atoms with Crippen molar-refractivity contribution in [1.29, 1.82) is 0 Å². The number of piperazine rings is 1. The minimum atomic E-state index is 0.0534. The third-order valence-electron chi connectivity index (χ3n) is 4.88. The molecule has 1 N–H and O–H groups in total. The Kier molecular flexibility index (Phi) is 4.81. The lowest BCUT2D eigenvalue weighted by Crippen LogP contribution is -2.52. The number of nitrogens with zero attached hydrogens (tertiary/aromatic N) is 3. The van der Waals surface area contributed by atoms with Gasteiger partial charge in [0.15, 0.2) is 0 Å². The van der Waals surface area contributed by atoms with Crippen LogP contribution in [0.2, 0.25) is 0 Å². The number of carbonyl (C=O) groups is 1. The lowest BCUT2D eigenvalue weighted by molar-refractivity contribution is 0.0655. The zero-order valence-electron chi connectivity index (χ0n) is 15.7. The van der Waals surface area contributed by atoms with E-state index < -0.39 is 0 Å². The molecule has 1 saturated heterocycles. The second-order valence-corrected chi connectivity index (χ2v) is 7.07. The van der Waals surface area contributed by atoms with E-state index in [1.807, 2.05) is 58.1 Å². The summed E-state index contributed by atoms with van der Waals surface area (Å²) in [6, 6.07) is 11.6. The molecule has 1 aliphatic heterocycles. The molecule has 0 saturated carbocycles. The number of nitrogens with one attached hydrogen (secondary N) is 1. The van der Waals surface area contributed by atoms with Crippen molar-refractivity contribution < 1.29 is 9.53 Å². The van der Waals surface area contributed by atoms with Crippen LogP contribution in [0.15, 0.2) is 48.8 Å². The quantitative estimate of drug-likeness (QED) is 0.773. The minimum Gasteiger partial charge on any atom is -0.487 e. The second-order valence-electron chi connectivity index (χ2n) is 7.07. The zero-order chi connectivity index (χ0) is 18.8. The highest BCUT2D eigenvalue weighted by molar-refractivity contribution is 5.94. The highest BCUT2D eigenvalue weighted by Gasteiger charge is 2.24. The van der Waals surface area contributed by atoms with E-state index in [0.29, 0.717) is 17.9 Å². The molecule has 2 aromatic heterocycles. The molecule has 140 valence electrons. The predicted octanol–water partition coefficient (Wildman–Crippen LogP) is 2.66. The van der Waals surface area contributed by atoms with Gasteiger partial charge in [-0.1, -0.05) is 12.1 Å². The number of hydrogen-bond acceptors (Lipinski definition) is 4. The molecule has 1 aliphatic rings. The van der Waals surface area contributed by atoms with Gasteiger partial charge in [-0.3, -0.25) is 4.79 Å². The SMILES string of the molecule is Cc1ccc2nc(COc3cccc(C(=O)N4CCNC[C@@H]4C)c3)cn2c1. The standard InChI is InChI=1S/C21H24N4O2/c1-15-6-7-20-23-18(13-24(20)12-15)14-27-19-5-3-4-17(10-19)21(26)25-9-8-22-11-16(25)2/h3-7,10,12-13,16,22H,8-9,11,14H2,1-2H3/t16-/m0/s1. The molecular weight excluding hydrogens is 340 g/mol. The molecule has 3 aromatic rings. The van der Waals surface area contributed by atoms with E-state index in [1.165, 1.54) is 5.56 Å². The Labute approximate surface area is 158 Å². The number of hydrogen-bond donors (Lipinski definition) is 1. The molecule has 0 radical (unpaired) electrons. The monoisotopic (exact) mass is 364 g/mol. The van der Waals surface area contributed by atoms with Gasteiger partial charge in [-0.05, 0) is 43.7 Å². The van der Waals surface area contributed by atoms with E-state index >= 15 is 0 Å². The van der Waals surface area contributed by atoms with Crippen molar-refractivity contribution in [1.82, 2.24) is 19.6 Å². The zero-order valence-corrected chi connectivity index (χ0v) is 15.7. The van der Waals surface area contributed by atoms with E-state index in [0.717, 1.165) is 31.0 Å². The van der Waals surface area contributed by atoms with Crippen molar-refractivity contribution in [3.05, 3.63) is 65.6 Å². The Morgan fingerprint density at radius 3 is 3.04 bits per heavy atom. The Morgan fingerprint density at radius 1 is 1.30 bits per heavy atom. The molecule has 1 amide bonds. The van der Waals surface area contributed by atoms with Crippen LogP contribution in [0.5, 0.6) is 5.75 Å². The summed E-state index contributed by atoms with van der Waals surface area (Å²) in [5.41, 5.74) is 3.59. The first-order valence-corrected chi connectivity index (χ1v) is 9.29. The summed E-state index contributed by atoms with van der Waals surface area (Å²) in [6.45, 7) is 6.87. The van der Waals surface area contributed by atoms with Crippen molar-refractivity contribution in [3.8, 4) is 5.75 Å². The molecule has 0 spiro atoms. The van der Waals surface area contributed by atoms with Gasteiger partial charge in [0.25, 0.3) is 5.91 Å². The Hall–Kier alpha value is -2.86. The molecule has 3 heterocycles. The number of amides is 1. The van der Waals surface area contributed by atoms with Crippen molar-refractivity contribution in [2.45, 2.75) is 26.5 Å². The molecular formula is C21H24N4O2. The van der Waals surface area contributed by atoms with E-state index in [1.54, 1.807) is 0 Å². The predicted molar refractivity (Wildman–Crippen MR) is 104 cm³/mol. The lowest BCUT2D eigenvalue weighted by Gasteiger charge is -2.34. The van der Waals surface area contributed by atoms with Gasteiger partial charge in [-0.15, -0.1) is 0 Å². The molecule has 0 unspecified atom stereocenters. The summed E-state index contributed by atoms with van der Waals surface area (Å²) in [7, 11) is 0. The number of rotatable bonds is 4. The minimum absolute atomic E-state index is 0.0534. The lowest BCUT2D eigenvalue weighted by atomic mass is 10.1. The first kappa shape index (κ1) is 17.5. The van der Waals surface area contributed by atoms with Crippen molar-refractivity contribution in [3.63, 3.8) is 0 Å². The highest BCUT2D eigenvalue weighted by Crippen LogP contribution is 2.18. The van der Waals surface area contributed by atoms with Crippen LogP contribution in [0, 0.1) is 6.92 Å². The maximum Gasteiger partial charge on any atom is 0.254 e. The smallest absolute Gasteiger partial charge is 0.254 e. The van der Waals surface area contributed by atoms with Crippen LogP contribution in [0.3, 0.4) is 0 Å². The first-order valence-electron chi connectivity index (χ1n) is 9.29. The van der Waals surface area contributed by atoms with E-state index in [9.17, 15) is 4.79 Å². The van der Waals surface area contributed by atoms with Gasteiger partial charge >= 0.3 is 0 Å². The van der Waals surface area contributed by atoms with Crippen LogP contribution in [0.4, 0.5) is 0 Å². The maximum atomic E-state index is 12.8. The Bertz CT molecular complexity index is 966. The molecule has 1 aromatic carbocycles. The molecule has 6 nitrogen and oxygen atoms in total. The summed E-state index contributed by atoms with van der Waals surface area (Å²) < 4.78 is 7.90. The third-order valence-corrected chi connectivity index (χ3v) is 4.88. The van der Waals surface area contributed by atoms with Crippen molar-refractivity contribution >= 4 is 11.6 Å². The fourth-order valence-corrected chi connectivity index (χ4v) is 3.41. The normalized spacial score (nSPS) is 17.3. The van der Waals surface area contributed by atoms with E-state index in [-0.39, 0.29) is 11.9 Å². The van der Waals surface area contributed by atoms with Crippen molar-refractivity contribution in [2.24, 2.45) is 0 Å². The largest absolute Gasteiger partial charge is 0.487 e. The molecule has 27 heavy (non-hydrogen) atoms. The third kappa shape index (κ3) is 3.80. The first-order chi connectivity index (χ1) is 13.1. The number of fused-ring (bicyclic) bond motifs is 1. The van der Waals surface area contributed by atoms with Gasteiger partial charge in [0.1, 0.15) is 18.0 Å². The van der Waals surface area contributed by atoms with Crippen molar-refractivity contribution in [2.75, 3.05) is 19.6 Å². The van der Waals surface area contributed by atoms with Gasteiger partial charge in [0.05, 0.1) is 5.69 Å². The topological polar surface area (TPSA) is 58.9 Å². The number of aryl methyl sites for hydroxylation is 1. The fourth-order valence-electron chi connectivity index (χ4n) is 3.41. The average Bonchev–Trinajstić information content (AvgIpc) is 3.08. The summed E-state index contributed by atoms with van der Waals surface area (Å²) >= 11 is 0. The van der Waals surface area contributed by atoms with Gasteiger partial charge in [0, 0.05) is 43.6 Å². The number of pyridine rings is 1. The number of ether oxygens (including phenoxy) is 1. The Balaban J connectivity index is 1.46. The van der Waals surface area contributed by atoms with Gasteiger partial charge < -0.3 is 19.4 Å². The molecule has 1 fully saturated rings. The summed E-state index contributed by atoms with van der Waals surface area (Å²) in [5, 5.41) is 3.31. The number of carbonyl (C=O) groups excluding carboxylic acids is 1. The molecule has 4 rings (SSSR count). The van der Waals surface area contributed by atoms with E-state index in [4.69, 9.17) is 4.74 Å². The molecule has 1 atom stereocenters.